The summed E-state index contributed by atoms with van der Waals surface area (Å²) in [7, 11) is -3.52. The first kappa shape index (κ1) is 14.3. The lowest BCUT2D eigenvalue weighted by Crippen LogP contribution is -2.61. The molecule has 1 fully saturated rings. The van der Waals surface area contributed by atoms with Gasteiger partial charge in [-0.2, -0.15) is 4.31 Å². The predicted molar refractivity (Wildman–Crippen MR) is 80.3 cm³/mol. The number of nitrogens with zero attached hydrogens (tertiary/aromatic N) is 1. The highest BCUT2D eigenvalue weighted by molar-refractivity contribution is 7.89. The molecule has 0 bridgehead atoms. The molecule has 1 heterocycles. The summed E-state index contributed by atoms with van der Waals surface area (Å²) < 4.78 is 26.2. The predicted octanol–water partition coefficient (Wildman–Crippen LogP) is 1.89. The van der Waals surface area contributed by atoms with Crippen LogP contribution in [-0.4, -0.2) is 30.9 Å². The van der Waals surface area contributed by atoms with Crippen LogP contribution in [0.25, 0.3) is 0 Å². The van der Waals surface area contributed by atoms with Gasteiger partial charge in [0.05, 0.1) is 4.90 Å². The molecule has 0 spiro atoms. The van der Waals surface area contributed by atoms with Crippen molar-refractivity contribution < 1.29 is 13.5 Å². The first-order chi connectivity index (χ1) is 9.92. The maximum atomic E-state index is 12.5. The Hall–Kier alpha value is -1.69. The van der Waals surface area contributed by atoms with E-state index in [0.29, 0.717) is 0 Å². The van der Waals surface area contributed by atoms with Gasteiger partial charge in [-0.15, -0.1) is 0 Å². The molecular formula is C16H17NO3S. The largest absolute Gasteiger partial charge is 0.382 e. The monoisotopic (exact) mass is 303 g/mol. The SMILES string of the molecule is Cc1ccc(S(=O)(=O)N2CC(O)(c3ccccc3)C2)cc1. The average molecular weight is 303 g/mol. The third-order valence-electron chi connectivity index (χ3n) is 3.85. The van der Waals surface area contributed by atoms with E-state index in [-0.39, 0.29) is 18.0 Å². The van der Waals surface area contributed by atoms with E-state index >= 15 is 0 Å². The molecule has 0 amide bonds. The van der Waals surface area contributed by atoms with Crippen LogP contribution in [0.1, 0.15) is 11.1 Å². The Labute approximate surface area is 124 Å². The summed E-state index contributed by atoms with van der Waals surface area (Å²) in [6, 6.07) is 15.9. The minimum Gasteiger partial charge on any atom is -0.382 e. The Morgan fingerprint density at radius 2 is 1.57 bits per heavy atom. The highest BCUT2D eigenvalue weighted by Gasteiger charge is 2.48. The smallest absolute Gasteiger partial charge is 0.243 e. The van der Waals surface area contributed by atoms with E-state index < -0.39 is 15.6 Å². The molecule has 5 heteroatoms. The minimum absolute atomic E-state index is 0.0905. The third kappa shape index (κ3) is 2.48. The molecule has 0 aromatic heterocycles. The van der Waals surface area contributed by atoms with Crippen LogP contribution in [0.4, 0.5) is 0 Å². The summed E-state index contributed by atoms with van der Waals surface area (Å²) >= 11 is 0. The van der Waals surface area contributed by atoms with Crippen molar-refractivity contribution in [2.24, 2.45) is 0 Å². The summed E-state index contributed by atoms with van der Waals surface area (Å²) in [5.41, 5.74) is 0.678. The fourth-order valence-corrected chi connectivity index (χ4v) is 4.04. The van der Waals surface area contributed by atoms with Crippen molar-refractivity contribution in [3.05, 3.63) is 65.7 Å². The standard InChI is InChI=1S/C16H17NO3S/c1-13-7-9-15(10-8-13)21(19,20)17-11-16(18,12-17)14-5-3-2-4-6-14/h2-10,18H,11-12H2,1H3. The van der Waals surface area contributed by atoms with E-state index in [1.54, 1.807) is 24.3 Å². The molecular weight excluding hydrogens is 286 g/mol. The lowest BCUT2D eigenvalue weighted by Gasteiger charge is -2.45. The maximum Gasteiger partial charge on any atom is 0.243 e. The molecule has 1 N–H and O–H groups in total. The van der Waals surface area contributed by atoms with Crippen molar-refractivity contribution in [3.8, 4) is 0 Å². The van der Waals surface area contributed by atoms with E-state index in [2.05, 4.69) is 0 Å². The van der Waals surface area contributed by atoms with Crippen molar-refractivity contribution in [1.29, 1.82) is 0 Å². The van der Waals surface area contributed by atoms with Crippen LogP contribution in [0.5, 0.6) is 0 Å². The lowest BCUT2D eigenvalue weighted by molar-refractivity contribution is -0.0648. The van der Waals surface area contributed by atoms with Crippen molar-refractivity contribution in [3.63, 3.8) is 0 Å². The van der Waals surface area contributed by atoms with Gasteiger partial charge in [0.25, 0.3) is 0 Å². The Bertz CT molecular complexity index is 733. The van der Waals surface area contributed by atoms with Crippen molar-refractivity contribution in [2.75, 3.05) is 13.1 Å². The molecule has 1 aliphatic rings. The summed E-state index contributed by atoms with van der Waals surface area (Å²) in [4.78, 5) is 0.267. The van der Waals surface area contributed by atoms with E-state index in [1.807, 2.05) is 37.3 Å². The molecule has 110 valence electrons. The number of β-amino-alcohol motifs (C(OH)–C–C–N with tert-alkyl or cyclic N) is 1. The van der Waals surface area contributed by atoms with Crippen LogP contribution in [0.2, 0.25) is 0 Å². The van der Waals surface area contributed by atoms with Crippen LogP contribution < -0.4 is 0 Å². The molecule has 0 aliphatic carbocycles. The lowest BCUT2D eigenvalue weighted by atomic mass is 9.88. The molecule has 0 unspecified atom stereocenters. The van der Waals surface area contributed by atoms with Gasteiger partial charge in [-0.05, 0) is 24.6 Å². The zero-order valence-electron chi connectivity index (χ0n) is 11.7. The Balaban J connectivity index is 1.81. The number of sulfonamides is 1. The normalized spacial score (nSPS) is 18.2. The van der Waals surface area contributed by atoms with Crippen LogP contribution in [-0.2, 0) is 15.6 Å². The van der Waals surface area contributed by atoms with Gasteiger partial charge in [-0.1, -0.05) is 48.0 Å². The topological polar surface area (TPSA) is 57.6 Å². The Morgan fingerprint density at radius 3 is 2.14 bits per heavy atom. The number of aryl methyl sites for hydroxylation is 1. The molecule has 21 heavy (non-hydrogen) atoms. The van der Waals surface area contributed by atoms with Crippen LogP contribution in [0.3, 0.4) is 0 Å². The number of hydrogen-bond acceptors (Lipinski definition) is 3. The molecule has 2 aromatic carbocycles. The second kappa shape index (κ2) is 4.94. The fourth-order valence-electron chi connectivity index (χ4n) is 2.50. The zero-order chi connectivity index (χ0) is 15.1. The molecule has 3 rings (SSSR count). The highest BCUT2D eigenvalue weighted by atomic mass is 32.2. The maximum absolute atomic E-state index is 12.5. The van der Waals surface area contributed by atoms with Crippen LogP contribution in [0, 0.1) is 6.92 Å². The third-order valence-corrected chi connectivity index (χ3v) is 5.65. The van der Waals surface area contributed by atoms with Gasteiger partial charge in [0.1, 0.15) is 5.60 Å². The average Bonchev–Trinajstić information content (AvgIpc) is 2.45. The van der Waals surface area contributed by atoms with Crippen LogP contribution in [0.15, 0.2) is 59.5 Å². The first-order valence-electron chi connectivity index (χ1n) is 6.77. The van der Waals surface area contributed by atoms with E-state index in [0.717, 1.165) is 11.1 Å². The van der Waals surface area contributed by atoms with E-state index in [1.165, 1.54) is 4.31 Å². The van der Waals surface area contributed by atoms with Gasteiger partial charge in [0.15, 0.2) is 0 Å². The van der Waals surface area contributed by atoms with Crippen molar-refractivity contribution in [2.45, 2.75) is 17.4 Å². The van der Waals surface area contributed by atoms with Crippen LogP contribution >= 0.6 is 0 Å². The van der Waals surface area contributed by atoms with Gasteiger partial charge < -0.3 is 5.11 Å². The molecule has 0 saturated carbocycles. The molecule has 0 atom stereocenters. The zero-order valence-corrected chi connectivity index (χ0v) is 12.5. The molecule has 1 aliphatic heterocycles. The number of aliphatic hydroxyl groups is 1. The first-order valence-corrected chi connectivity index (χ1v) is 8.21. The van der Waals surface area contributed by atoms with Gasteiger partial charge in [0.2, 0.25) is 10.0 Å². The number of rotatable bonds is 3. The Kier molecular flexibility index (Phi) is 3.36. The van der Waals surface area contributed by atoms with Crippen molar-refractivity contribution in [1.82, 2.24) is 4.31 Å². The number of hydrogen-bond donors (Lipinski definition) is 1. The molecule has 4 nitrogen and oxygen atoms in total. The van der Waals surface area contributed by atoms with E-state index in [4.69, 9.17) is 0 Å². The molecule has 0 radical (unpaired) electrons. The van der Waals surface area contributed by atoms with Gasteiger partial charge in [0, 0.05) is 13.1 Å². The summed E-state index contributed by atoms with van der Waals surface area (Å²) in [6.45, 7) is 2.09. The van der Waals surface area contributed by atoms with Gasteiger partial charge in [-0.3, -0.25) is 0 Å². The quantitative estimate of drug-likeness (QED) is 0.942. The summed E-state index contributed by atoms with van der Waals surface area (Å²) in [5, 5.41) is 10.5. The van der Waals surface area contributed by atoms with Gasteiger partial charge in [-0.25, -0.2) is 8.42 Å². The van der Waals surface area contributed by atoms with E-state index in [9.17, 15) is 13.5 Å². The second-order valence-corrected chi connectivity index (χ2v) is 7.42. The second-order valence-electron chi connectivity index (χ2n) is 5.48. The Morgan fingerprint density at radius 1 is 1.00 bits per heavy atom. The highest BCUT2D eigenvalue weighted by Crippen LogP contribution is 2.35. The fraction of sp³-hybridized carbons (Fsp3) is 0.250. The number of benzene rings is 2. The minimum atomic E-state index is -3.52. The molecule has 2 aromatic rings. The molecule has 1 saturated heterocycles. The summed E-state index contributed by atoms with van der Waals surface area (Å²) in [5.74, 6) is 0. The summed E-state index contributed by atoms with van der Waals surface area (Å²) in [6.07, 6.45) is 0. The van der Waals surface area contributed by atoms with Crippen molar-refractivity contribution >= 4 is 10.0 Å². The van der Waals surface area contributed by atoms with Gasteiger partial charge >= 0.3 is 0 Å².